The fourth-order valence-corrected chi connectivity index (χ4v) is 2.69. The molecule has 2 nitrogen and oxygen atoms in total. The Morgan fingerprint density at radius 1 is 1.39 bits per heavy atom. The standard InChI is InChI=1S/C15H22FNO/c1-2-11-5-3-6-12(9-11)18-10-13-14(16)7-4-8-15(13)17/h4,7-8,11-12H,2-3,5-6,9-10,17H2,1H3. The Balaban J connectivity index is 1.91. The van der Waals surface area contributed by atoms with Gasteiger partial charge in [0.15, 0.2) is 0 Å². The van der Waals surface area contributed by atoms with Crippen LogP contribution in [0, 0.1) is 11.7 Å². The number of halogens is 1. The number of hydrogen-bond acceptors (Lipinski definition) is 2. The fraction of sp³-hybridized carbons (Fsp3) is 0.600. The smallest absolute Gasteiger partial charge is 0.130 e. The minimum Gasteiger partial charge on any atom is -0.398 e. The molecule has 1 aromatic carbocycles. The van der Waals surface area contributed by atoms with E-state index in [9.17, 15) is 4.39 Å². The van der Waals surface area contributed by atoms with Crippen LogP contribution in [0.1, 0.15) is 44.6 Å². The number of ether oxygens (including phenoxy) is 1. The summed E-state index contributed by atoms with van der Waals surface area (Å²) in [5.41, 5.74) is 6.75. The molecule has 0 amide bonds. The minimum atomic E-state index is -0.266. The third kappa shape index (κ3) is 3.22. The first-order chi connectivity index (χ1) is 8.70. The highest BCUT2D eigenvalue weighted by molar-refractivity contribution is 5.46. The zero-order chi connectivity index (χ0) is 13.0. The summed E-state index contributed by atoms with van der Waals surface area (Å²) in [5.74, 6) is 0.500. The van der Waals surface area contributed by atoms with Gasteiger partial charge in [-0.15, -0.1) is 0 Å². The second-order valence-corrected chi connectivity index (χ2v) is 5.18. The van der Waals surface area contributed by atoms with Crippen LogP contribution in [0.3, 0.4) is 0 Å². The lowest BCUT2D eigenvalue weighted by molar-refractivity contribution is 0.000931. The van der Waals surface area contributed by atoms with Crippen molar-refractivity contribution in [3.05, 3.63) is 29.6 Å². The van der Waals surface area contributed by atoms with Gasteiger partial charge in [-0.05, 0) is 30.9 Å². The van der Waals surface area contributed by atoms with Gasteiger partial charge >= 0.3 is 0 Å². The fourth-order valence-electron chi connectivity index (χ4n) is 2.69. The third-order valence-electron chi connectivity index (χ3n) is 3.93. The van der Waals surface area contributed by atoms with Crippen LogP contribution in [-0.2, 0) is 11.3 Å². The van der Waals surface area contributed by atoms with Gasteiger partial charge in [-0.2, -0.15) is 0 Å². The van der Waals surface area contributed by atoms with E-state index in [1.807, 2.05) is 0 Å². The summed E-state index contributed by atoms with van der Waals surface area (Å²) in [6.45, 7) is 2.52. The van der Waals surface area contributed by atoms with Crippen LogP contribution in [0.15, 0.2) is 18.2 Å². The highest BCUT2D eigenvalue weighted by Crippen LogP contribution is 2.29. The summed E-state index contributed by atoms with van der Waals surface area (Å²) in [7, 11) is 0. The van der Waals surface area contributed by atoms with E-state index in [1.165, 1.54) is 25.3 Å². The van der Waals surface area contributed by atoms with Gasteiger partial charge in [0.1, 0.15) is 5.82 Å². The molecule has 100 valence electrons. The molecule has 1 fully saturated rings. The molecule has 0 heterocycles. The number of anilines is 1. The molecular weight excluding hydrogens is 229 g/mol. The van der Waals surface area contributed by atoms with E-state index in [-0.39, 0.29) is 11.9 Å². The Kier molecular flexibility index (Phi) is 4.59. The first kappa shape index (κ1) is 13.3. The molecule has 2 N–H and O–H groups in total. The Bertz CT molecular complexity index is 374. The van der Waals surface area contributed by atoms with E-state index < -0.39 is 0 Å². The molecule has 0 radical (unpaired) electrons. The lowest BCUT2D eigenvalue weighted by Crippen LogP contribution is -2.22. The van der Waals surface area contributed by atoms with Gasteiger partial charge < -0.3 is 10.5 Å². The summed E-state index contributed by atoms with van der Waals surface area (Å²) >= 11 is 0. The van der Waals surface area contributed by atoms with Crippen molar-refractivity contribution < 1.29 is 9.13 Å². The predicted octanol–water partition coefficient (Wildman–Crippen LogP) is 3.89. The van der Waals surface area contributed by atoms with E-state index >= 15 is 0 Å². The van der Waals surface area contributed by atoms with Crippen LogP contribution in [0.25, 0.3) is 0 Å². The number of benzene rings is 1. The van der Waals surface area contributed by atoms with Gasteiger partial charge in [0.2, 0.25) is 0 Å². The molecule has 3 heteroatoms. The average Bonchev–Trinajstić information content (AvgIpc) is 2.38. The topological polar surface area (TPSA) is 35.2 Å². The van der Waals surface area contributed by atoms with E-state index in [2.05, 4.69) is 6.92 Å². The van der Waals surface area contributed by atoms with Gasteiger partial charge in [-0.25, -0.2) is 4.39 Å². The van der Waals surface area contributed by atoms with E-state index in [1.54, 1.807) is 12.1 Å². The summed E-state index contributed by atoms with van der Waals surface area (Å²) in [6, 6.07) is 4.78. The Labute approximate surface area is 108 Å². The number of nitrogen functional groups attached to an aromatic ring is 1. The van der Waals surface area contributed by atoms with Crippen molar-refractivity contribution in [3.63, 3.8) is 0 Å². The maximum Gasteiger partial charge on any atom is 0.130 e. The highest BCUT2D eigenvalue weighted by Gasteiger charge is 2.21. The molecule has 1 aliphatic rings. The summed E-state index contributed by atoms with van der Waals surface area (Å²) < 4.78 is 19.4. The molecule has 2 atom stereocenters. The second-order valence-electron chi connectivity index (χ2n) is 5.18. The van der Waals surface area contributed by atoms with Gasteiger partial charge in [0.25, 0.3) is 0 Å². The molecule has 18 heavy (non-hydrogen) atoms. The molecule has 1 saturated carbocycles. The number of nitrogens with two attached hydrogens (primary N) is 1. The Hall–Kier alpha value is -1.09. The minimum absolute atomic E-state index is 0.266. The quantitative estimate of drug-likeness (QED) is 0.824. The second kappa shape index (κ2) is 6.19. The van der Waals surface area contributed by atoms with Crippen molar-refractivity contribution >= 4 is 5.69 Å². The first-order valence-corrected chi connectivity index (χ1v) is 6.85. The molecule has 1 aromatic rings. The summed E-state index contributed by atoms with van der Waals surface area (Å²) in [5, 5.41) is 0. The zero-order valence-corrected chi connectivity index (χ0v) is 11.0. The maximum absolute atomic E-state index is 13.6. The van der Waals surface area contributed by atoms with Gasteiger partial charge in [0, 0.05) is 11.3 Å². The van der Waals surface area contributed by atoms with Crippen LogP contribution in [0.5, 0.6) is 0 Å². The van der Waals surface area contributed by atoms with Crippen LogP contribution >= 0.6 is 0 Å². The molecule has 0 bridgehead atoms. The summed E-state index contributed by atoms with van der Waals surface area (Å²) in [6.07, 6.45) is 6.19. The molecular formula is C15H22FNO. The predicted molar refractivity (Wildman–Crippen MR) is 71.6 cm³/mol. The van der Waals surface area contributed by atoms with Crippen LogP contribution in [-0.4, -0.2) is 6.10 Å². The zero-order valence-electron chi connectivity index (χ0n) is 11.0. The van der Waals surface area contributed by atoms with Crippen LogP contribution < -0.4 is 5.73 Å². The number of hydrogen-bond donors (Lipinski definition) is 1. The lowest BCUT2D eigenvalue weighted by Gasteiger charge is -2.28. The largest absolute Gasteiger partial charge is 0.398 e. The normalized spacial score (nSPS) is 24.1. The molecule has 0 aromatic heterocycles. The van der Waals surface area contributed by atoms with Crippen molar-refractivity contribution in [3.8, 4) is 0 Å². The van der Waals surface area contributed by atoms with E-state index in [0.29, 0.717) is 17.9 Å². The molecule has 0 saturated heterocycles. The van der Waals surface area contributed by atoms with Gasteiger partial charge in [-0.3, -0.25) is 0 Å². The molecule has 0 aliphatic heterocycles. The van der Waals surface area contributed by atoms with Crippen molar-refractivity contribution in [2.24, 2.45) is 5.92 Å². The average molecular weight is 251 g/mol. The SMILES string of the molecule is CCC1CCCC(OCc2c(N)cccc2F)C1. The van der Waals surface area contributed by atoms with Crippen LogP contribution in [0.4, 0.5) is 10.1 Å². The highest BCUT2D eigenvalue weighted by atomic mass is 19.1. The van der Waals surface area contributed by atoms with Crippen molar-refractivity contribution in [1.29, 1.82) is 0 Å². The molecule has 0 spiro atoms. The molecule has 2 unspecified atom stereocenters. The van der Waals surface area contributed by atoms with Crippen molar-refractivity contribution in [1.82, 2.24) is 0 Å². The van der Waals surface area contributed by atoms with E-state index in [0.717, 1.165) is 18.8 Å². The monoisotopic (exact) mass is 251 g/mol. The Morgan fingerprint density at radius 2 is 2.22 bits per heavy atom. The van der Waals surface area contributed by atoms with E-state index in [4.69, 9.17) is 10.5 Å². The third-order valence-corrected chi connectivity index (χ3v) is 3.93. The lowest BCUT2D eigenvalue weighted by atomic mass is 9.85. The molecule has 2 rings (SSSR count). The van der Waals surface area contributed by atoms with Gasteiger partial charge in [0.05, 0.1) is 12.7 Å². The number of rotatable bonds is 4. The Morgan fingerprint density at radius 3 is 2.94 bits per heavy atom. The van der Waals surface area contributed by atoms with Crippen molar-refractivity contribution in [2.45, 2.75) is 51.7 Å². The van der Waals surface area contributed by atoms with Crippen molar-refractivity contribution in [2.75, 3.05) is 5.73 Å². The summed E-state index contributed by atoms with van der Waals surface area (Å²) in [4.78, 5) is 0. The first-order valence-electron chi connectivity index (χ1n) is 6.85. The molecule has 1 aliphatic carbocycles. The van der Waals surface area contributed by atoms with Crippen LogP contribution in [0.2, 0.25) is 0 Å². The maximum atomic E-state index is 13.6. The van der Waals surface area contributed by atoms with Gasteiger partial charge in [-0.1, -0.05) is 32.3 Å².